The smallest absolute Gasteiger partial charge is 0.197 e. The van der Waals surface area contributed by atoms with Crippen LogP contribution < -0.4 is 5.32 Å². The van der Waals surface area contributed by atoms with Crippen LogP contribution >= 0.6 is 0 Å². The van der Waals surface area contributed by atoms with Crippen LogP contribution in [0, 0.1) is 0 Å². The van der Waals surface area contributed by atoms with Crippen molar-refractivity contribution in [3.05, 3.63) is 12.2 Å². The second-order valence-corrected chi connectivity index (χ2v) is 4.49. The van der Waals surface area contributed by atoms with Crippen molar-refractivity contribution >= 4 is 5.96 Å². The molecule has 90 valence electrons. The van der Waals surface area contributed by atoms with Crippen molar-refractivity contribution in [2.24, 2.45) is 4.99 Å². The molecule has 1 fully saturated rings. The Balaban J connectivity index is 2.00. The molecule has 0 amide bonds. The van der Waals surface area contributed by atoms with E-state index in [-0.39, 0.29) is 0 Å². The van der Waals surface area contributed by atoms with E-state index in [4.69, 9.17) is 4.99 Å². The lowest BCUT2D eigenvalue weighted by molar-refractivity contribution is 0.313. The molecule has 4 heteroatoms. The normalized spacial score (nSPS) is 26.6. The molecule has 0 aromatic carbocycles. The first kappa shape index (κ1) is 11.5. The quantitative estimate of drug-likeness (QED) is 0.691. The number of aliphatic imine (C=N–C) groups is 1. The summed E-state index contributed by atoms with van der Waals surface area (Å²) < 4.78 is 0. The summed E-state index contributed by atoms with van der Waals surface area (Å²) in [6, 6.07) is 0.440. The molecule has 2 heterocycles. The summed E-state index contributed by atoms with van der Waals surface area (Å²) in [7, 11) is 0. The van der Waals surface area contributed by atoms with Gasteiger partial charge in [-0.3, -0.25) is 0 Å². The van der Waals surface area contributed by atoms with Crippen LogP contribution in [-0.2, 0) is 0 Å². The van der Waals surface area contributed by atoms with E-state index in [0.717, 1.165) is 39.3 Å². The van der Waals surface area contributed by atoms with Crippen LogP contribution in [0.1, 0.15) is 13.8 Å². The predicted octanol–water partition coefficient (Wildman–Crippen LogP) is 0.528. The zero-order valence-corrected chi connectivity index (χ0v) is 10.3. The zero-order chi connectivity index (χ0) is 11.4. The summed E-state index contributed by atoms with van der Waals surface area (Å²) in [5.74, 6) is 1.20. The SMILES string of the molecule is CC=CCN1CC(C)N=C1N1CCNCC1. The molecule has 4 nitrogen and oxygen atoms in total. The number of nitrogens with one attached hydrogen (secondary N) is 1. The van der Waals surface area contributed by atoms with Crippen molar-refractivity contribution in [3.8, 4) is 0 Å². The molecule has 0 aromatic rings. The van der Waals surface area contributed by atoms with E-state index in [1.54, 1.807) is 0 Å². The van der Waals surface area contributed by atoms with Gasteiger partial charge in [0.1, 0.15) is 0 Å². The van der Waals surface area contributed by atoms with E-state index in [0.29, 0.717) is 6.04 Å². The summed E-state index contributed by atoms with van der Waals surface area (Å²) in [5.41, 5.74) is 0. The Bertz CT molecular complexity index is 279. The van der Waals surface area contributed by atoms with Crippen LogP contribution in [0.15, 0.2) is 17.1 Å². The first-order chi connectivity index (χ1) is 7.81. The number of rotatable bonds is 2. The van der Waals surface area contributed by atoms with E-state index in [1.165, 1.54) is 5.96 Å². The molecular formula is C12H22N4. The molecule has 2 rings (SSSR count). The standard InChI is InChI=1S/C12H22N4/c1-3-4-7-16-10-11(2)14-12(16)15-8-5-13-6-9-15/h3-4,11,13H,5-10H2,1-2H3. The summed E-state index contributed by atoms with van der Waals surface area (Å²) in [5, 5.41) is 3.38. The second-order valence-electron chi connectivity index (χ2n) is 4.49. The Hall–Kier alpha value is -1.03. The van der Waals surface area contributed by atoms with Gasteiger partial charge in [-0.1, -0.05) is 12.2 Å². The minimum atomic E-state index is 0.440. The Morgan fingerprint density at radius 2 is 2.19 bits per heavy atom. The van der Waals surface area contributed by atoms with Gasteiger partial charge in [0.2, 0.25) is 0 Å². The van der Waals surface area contributed by atoms with Gasteiger partial charge in [-0.2, -0.15) is 0 Å². The predicted molar refractivity (Wildman–Crippen MR) is 67.7 cm³/mol. The Morgan fingerprint density at radius 1 is 1.44 bits per heavy atom. The summed E-state index contributed by atoms with van der Waals surface area (Å²) in [4.78, 5) is 9.54. The molecule has 1 N–H and O–H groups in total. The van der Waals surface area contributed by atoms with E-state index in [1.807, 2.05) is 0 Å². The van der Waals surface area contributed by atoms with Crippen molar-refractivity contribution in [1.29, 1.82) is 0 Å². The summed E-state index contributed by atoms with van der Waals surface area (Å²) in [6.45, 7) is 10.6. The van der Waals surface area contributed by atoms with E-state index in [2.05, 4.69) is 41.1 Å². The minimum absolute atomic E-state index is 0.440. The maximum atomic E-state index is 4.75. The molecular weight excluding hydrogens is 200 g/mol. The lowest BCUT2D eigenvalue weighted by atomic mass is 10.3. The fraction of sp³-hybridized carbons (Fsp3) is 0.750. The van der Waals surface area contributed by atoms with Gasteiger partial charge in [0.15, 0.2) is 5.96 Å². The van der Waals surface area contributed by atoms with Gasteiger partial charge in [-0.05, 0) is 13.8 Å². The summed E-state index contributed by atoms with van der Waals surface area (Å²) in [6.07, 6.45) is 4.31. The summed E-state index contributed by atoms with van der Waals surface area (Å²) >= 11 is 0. The van der Waals surface area contributed by atoms with Crippen molar-refractivity contribution in [1.82, 2.24) is 15.1 Å². The van der Waals surface area contributed by atoms with Crippen LogP contribution in [-0.4, -0.2) is 61.1 Å². The van der Waals surface area contributed by atoms with Crippen molar-refractivity contribution < 1.29 is 0 Å². The van der Waals surface area contributed by atoms with Gasteiger partial charge in [0, 0.05) is 39.3 Å². The molecule has 0 aliphatic carbocycles. The average Bonchev–Trinajstić information content (AvgIpc) is 2.69. The van der Waals surface area contributed by atoms with Gasteiger partial charge >= 0.3 is 0 Å². The molecule has 0 spiro atoms. The Kier molecular flexibility index (Phi) is 3.83. The van der Waals surface area contributed by atoms with E-state index >= 15 is 0 Å². The topological polar surface area (TPSA) is 30.9 Å². The van der Waals surface area contributed by atoms with Crippen LogP contribution in [0.25, 0.3) is 0 Å². The monoisotopic (exact) mass is 222 g/mol. The van der Waals surface area contributed by atoms with Gasteiger partial charge in [0.25, 0.3) is 0 Å². The number of guanidine groups is 1. The highest BCUT2D eigenvalue weighted by molar-refractivity contribution is 5.82. The van der Waals surface area contributed by atoms with Crippen LogP contribution in [0.4, 0.5) is 0 Å². The van der Waals surface area contributed by atoms with Gasteiger partial charge in [-0.15, -0.1) is 0 Å². The highest BCUT2D eigenvalue weighted by Crippen LogP contribution is 2.12. The highest BCUT2D eigenvalue weighted by atomic mass is 15.4. The zero-order valence-electron chi connectivity index (χ0n) is 10.3. The molecule has 1 unspecified atom stereocenters. The van der Waals surface area contributed by atoms with Crippen LogP contribution in [0.2, 0.25) is 0 Å². The number of hydrogen-bond acceptors (Lipinski definition) is 4. The highest BCUT2D eigenvalue weighted by Gasteiger charge is 2.26. The molecule has 1 atom stereocenters. The van der Waals surface area contributed by atoms with Gasteiger partial charge in [-0.25, -0.2) is 4.99 Å². The van der Waals surface area contributed by atoms with Crippen molar-refractivity contribution in [3.63, 3.8) is 0 Å². The maximum absolute atomic E-state index is 4.75. The largest absolute Gasteiger partial charge is 0.340 e. The Morgan fingerprint density at radius 3 is 2.88 bits per heavy atom. The third-order valence-electron chi connectivity index (χ3n) is 3.06. The first-order valence-corrected chi connectivity index (χ1v) is 6.21. The lowest BCUT2D eigenvalue weighted by Crippen LogP contribution is -2.51. The maximum Gasteiger partial charge on any atom is 0.197 e. The molecule has 1 saturated heterocycles. The molecule has 0 bridgehead atoms. The molecule has 0 aromatic heterocycles. The molecule has 0 saturated carbocycles. The first-order valence-electron chi connectivity index (χ1n) is 6.21. The molecule has 2 aliphatic heterocycles. The lowest BCUT2D eigenvalue weighted by Gasteiger charge is -2.33. The number of allylic oxidation sites excluding steroid dienone is 1. The fourth-order valence-corrected chi connectivity index (χ4v) is 2.26. The van der Waals surface area contributed by atoms with Crippen molar-refractivity contribution in [2.45, 2.75) is 19.9 Å². The number of hydrogen-bond donors (Lipinski definition) is 1. The molecule has 2 aliphatic rings. The third kappa shape index (κ3) is 2.55. The van der Waals surface area contributed by atoms with Crippen molar-refractivity contribution in [2.75, 3.05) is 39.3 Å². The number of piperazine rings is 1. The van der Waals surface area contributed by atoms with E-state index < -0.39 is 0 Å². The van der Waals surface area contributed by atoms with Crippen LogP contribution in [0.3, 0.4) is 0 Å². The Labute approximate surface area is 98.0 Å². The van der Waals surface area contributed by atoms with Crippen LogP contribution in [0.5, 0.6) is 0 Å². The number of nitrogens with zero attached hydrogens (tertiary/aromatic N) is 3. The third-order valence-corrected chi connectivity index (χ3v) is 3.06. The fourth-order valence-electron chi connectivity index (χ4n) is 2.26. The molecule has 16 heavy (non-hydrogen) atoms. The average molecular weight is 222 g/mol. The van der Waals surface area contributed by atoms with Gasteiger partial charge in [0.05, 0.1) is 6.04 Å². The second kappa shape index (κ2) is 5.34. The molecule has 0 radical (unpaired) electrons. The minimum Gasteiger partial charge on any atom is -0.340 e. The van der Waals surface area contributed by atoms with E-state index in [9.17, 15) is 0 Å². The van der Waals surface area contributed by atoms with Gasteiger partial charge < -0.3 is 15.1 Å².